The molecule has 3 rings (SSSR count). The predicted octanol–water partition coefficient (Wildman–Crippen LogP) is 1.95. The van der Waals surface area contributed by atoms with E-state index >= 15 is 0 Å². The largest absolute Gasteiger partial charge is 0.397 e. The van der Waals surface area contributed by atoms with E-state index in [1.54, 1.807) is 0 Å². The summed E-state index contributed by atoms with van der Waals surface area (Å²) in [6.07, 6.45) is 3.77. The van der Waals surface area contributed by atoms with E-state index in [1.807, 2.05) is 12.1 Å². The molecule has 6 heteroatoms. The average molecular weight is 275 g/mol. The third-order valence-corrected chi connectivity index (χ3v) is 4.15. The summed E-state index contributed by atoms with van der Waals surface area (Å²) in [4.78, 5) is 2.40. The summed E-state index contributed by atoms with van der Waals surface area (Å²) in [7, 11) is 2.19. The summed E-state index contributed by atoms with van der Waals surface area (Å²) in [6.45, 7) is 3.37. The fraction of sp³-hybridized carbons (Fsp3) is 0.571. The number of likely N-dealkylation sites (tertiary alicyclic amines) is 1. The smallest absolute Gasteiger partial charge is 0.160 e. The van der Waals surface area contributed by atoms with Crippen molar-refractivity contribution in [2.24, 2.45) is 5.92 Å². The lowest BCUT2D eigenvalue weighted by Crippen LogP contribution is -2.30. The molecule has 1 fully saturated rings. The van der Waals surface area contributed by atoms with E-state index in [2.05, 4.69) is 27.6 Å². The number of rotatable bonds is 4. The Balaban J connectivity index is 1.57. The summed E-state index contributed by atoms with van der Waals surface area (Å²) in [5, 5.41) is 11.2. The quantitative estimate of drug-likeness (QED) is 0.830. The minimum absolute atomic E-state index is 0.599. The number of nitrogens with zero attached hydrogens (tertiary/aromatic N) is 3. The van der Waals surface area contributed by atoms with E-state index in [0.29, 0.717) is 16.7 Å². The number of nitrogens with one attached hydrogen (secondary N) is 1. The van der Waals surface area contributed by atoms with Crippen molar-refractivity contribution in [2.75, 3.05) is 37.7 Å². The van der Waals surface area contributed by atoms with Gasteiger partial charge in [-0.2, -0.15) is 0 Å². The van der Waals surface area contributed by atoms with Crippen molar-refractivity contribution < 1.29 is 4.63 Å². The molecule has 0 spiro atoms. The van der Waals surface area contributed by atoms with E-state index in [0.717, 1.165) is 18.2 Å². The molecular formula is C14H21N5O. The number of hydrogen-bond acceptors (Lipinski definition) is 6. The molecule has 1 aliphatic heterocycles. The highest BCUT2D eigenvalue weighted by atomic mass is 16.6. The van der Waals surface area contributed by atoms with Crippen molar-refractivity contribution in [3.8, 4) is 0 Å². The van der Waals surface area contributed by atoms with Crippen LogP contribution in [-0.2, 0) is 0 Å². The standard InChI is InChI=1S/C14H21N5O/c1-19-8-5-10(6-9-19)4-7-16-12-3-2-11(15)13-14(12)18-20-17-13/h2-3,10,16H,4-9,15H2,1H3. The van der Waals surface area contributed by atoms with Crippen LogP contribution in [0.4, 0.5) is 11.4 Å². The summed E-state index contributed by atoms with van der Waals surface area (Å²) >= 11 is 0. The van der Waals surface area contributed by atoms with Crippen LogP contribution < -0.4 is 11.1 Å². The van der Waals surface area contributed by atoms with Gasteiger partial charge in [-0.3, -0.25) is 0 Å². The fourth-order valence-corrected chi connectivity index (χ4v) is 2.79. The van der Waals surface area contributed by atoms with Gasteiger partial charge in [0.15, 0.2) is 11.0 Å². The zero-order valence-corrected chi connectivity index (χ0v) is 11.8. The fourth-order valence-electron chi connectivity index (χ4n) is 2.79. The number of nitrogen functional groups attached to an aromatic ring is 1. The molecule has 3 N–H and O–H groups in total. The second kappa shape index (κ2) is 5.66. The van der Waals surface area contributed by atoms with E-state index in [9.17, 15) is 0 Å². The van der Waals surface area contributed by atoms with Gasteiger partial charge in [0.2, 0.25) is 0 Å². The molecule has 1 aromatic carbocycles. The van der Waals surface area contributed by atoms with Crippen molar-refractivity contribution in [1.82, 2.24) is 15.2 Å². The van der Waals surface area contributed by atoms with Gasteiger partial charge in [-0.05, 0) is 67.8 Å². The first-order chi connectivity index (χ1) is 9.74. The maximum atomic E-state index is 5.83. The number of aromatic nitrogens is 2. The molecular weight excluding hydrogens is 254 g/mol. The number of piperidine rings is 1. The van der Waals surface area contributed by atoms with E-state index in [1.165, 1.54) is 32.4 Å². The monoisotopic (exact) mass is 275 g/mol. The van der Waals surface area contributed by atoms with Crippen LogP contribution in [0.15, 0.2) is 16.8 Å². The molecule has 0 bridgehead atoms. The van der Waals surface area contributed by atoms with Crippen LogP contribution >= 0.6 is 0 Å². The maximum Gasteiger partial charge on any atom is 0.160 e. The number of nitrogens with two attached hydrogens (primary N) is 1. The molecule has 2 aromatic rings. The molecule has 6 nitrogen and oxygen atoms in total. The van der Waals surface area contributed by atoms with Crippen LogP contribution in [0.3, 0.4) is 0 Å². The summed E-state index contributed by atoms with van der Waals surface area (Å²) in [6, 6.07) is 3.78. The Morgan fingerprint density at radius 2 is 2.05 bits per heavy atom. The number of benzene rings is 1. The third kappa shape index (κ3) is 2.70. The summed E-state index contributed by atoms with van der Waals surface area (Å²) in [5.41, 5.74) is 8.73. The predicted molar refractivity (Wildman–Crippen MR) is 79.5 cm³/mol. The van der Waals surface area contributed by atoms with Crippen molar-refractivity contribution in [3.63, 3.8) is 0 Å². The molecule has 2 heterocycles. The van der Waals surface area contributed by atoms with Crippen LogP contribution in [0.1, 0.15) is 19.3 Å². The molecule has 0 aliphatic carbocycles. The molecule has 0 unspecified atom stereocenters. The third-order valence-electron chi connectivity index (χ3n) is 4.15. The van der Waals surface area contributed by atoms with Gasteiger partial charge in [0.05, 0.1) is 11.4 Å². The topological polar surface area (TPSA) is 80.2 Å². The van der Waals surface area contributed by atoms with Crippen LogP contribution in [0.2, 0.25) is 0 Å². The van der Waals surface area contributed by atoms with Crippen LogP contribution in [0.25, 0.3) is 11.0 Å². The maximum absolute atomic E-state index is 5.83. The van der Waals surface area contributed by atoms with Gasteiger partial charge >= 0.3 is 0 Å². The van der Waals surface area contributed by atoms with Gasteiger partial charge in [-0.25, -0.2) is 4.63 Å². The van der Waals surface area contributed by atoms with Crippen molar-refractivity contribution >= 4 is 22.4 Å². The molecule has 0 radical (unpaired) electrons. The number of fused-ring (bicyclic) bond motifs is 1. The van der Waals surface area contributed by atoms with Crippen molar-refractivity contribution in [1.29, 1.82) is 0 Å². The van der Waals surface area contributed by atoms with Crippen molar-refractivity contribution in [3.05, 3.63) is 12.1 Å². The van der Waals surface area contributed by atoms with Gasteiger partial charge < -0.3 is 16.0 Å². The van der Waals surface area contributed by atoms with Crippen LogP contribution in [-0.4, -0.2) is 41.9 Å². The van der Waals surface area contributed by atoms with Gasteiger partial charge in [-0.15, -0.1) is 0 Å². The minimum Gasteiger partial charge on any atom is -0.397 e. The second-order valence-corrected chi connectivity index (χ2v) is 5.63. The Labute approximate surface area is 118 Å². The van der Waals surface area contributed by atoms with Gasteiger partial charge in [0, 0.05) is 6.54 Å². The normalized spacial score (nSPS) is 17.6. The Morgan fingerprint density at radius 1 is 1.30 bits per heavy atom. The lowest BCUT2D eigenvalue weighted by molar-refractivity contribution is 0.215. The highest BCUT2D eigenvalue weighted by Crippen LogP contribution is 2.26. The first-order valence-corrected chi connectivity index (χ1v) is 7.17. The first-order valence-electron chi connectivity index (χ1n) is 7.17. The van der Waals surface area contributed by atoms with Crippen molar-refractivity contribution in [2.45, 2.75) is 19.3 Å². The van der Waals surface area contributed by atoms with Gasteiger partial charge in [0.25, 0.3) is 0 Å². The zero-order valence-electron chi connectivity index (χ0n) is 11.8. The molecule has 1 aromatic heterocycles. The Morgan fingerprint density at radius 3 is 2.85 bits per heavy atom. The van der Waals surface area contributed by atoms with Crippen LogP contribution in [0, 0.1) is 5.92 Å². The first kappa shape index (κ1) is 13.2. The zero-order chi connectivity index (χ0) is 13.9. The molecule has 0 saturated carbocycles. The highest BCUT2D eigenvalue weighted by Gasteiger charge is 2.16. The van der Waals surface area contributed by atoms with E-state index in [4.69, 9.17) is 10.4 Å². The number of anilines is 2. The van der Waals surface area contributed by atoms with Gasteiger partial charge in [-0.1, -0.05) is 0 Å². The molecule has 1 saturated heterocycles. The molecule has 0 atom stereocenters. The molecule has 20 heavy (non-hydrogen) atoms. The lowest BCUT2D eigenvalue weighted by Gasteiger charge is -2.28. The van der Waals surface area contributed by atoms with E-state index < -0.39 is 0 Å². The Hall–Kier alpha value is -1.82. The Bertz CT molecular complexity index is 574. The second-order valence-electron chi connectivity index (χ2n) is 5.63. The Kier molecular flexibility index (Phi) is 3.73. The van der Waals surface area contributed by atoms with Gasteiger partial charge in [0.1, 0.15) is 0 Å². The van der Waals surface area contributed by atoms with E-state index in [-0.39, 0.29) is 0 Å². The molecule has 0 amide bonds. The minimum atomic E-state index is 0.599. The SMILES string of the molecule is CN1CCC(CCNc2ccc(N)c3nonc23)CC1. The average Bonchev–Trinajstić information content (AvgIpc) is 2.94. The number of hydrogen-bond donors (Lipinski definition) is 2. The van der Waals surface area contributed by atoms with Crippen LogP contribution in [0.5, 0.6) is 0 Å². The highest BCUT2D eigenvalue weighted by molar-refractivity contribution is 5.94. The summed E-state index contributed by atoms with van der Waals surface area (Å²) < 4.78 is 4.77. The molecule has 108 valence electrons. The summed E-state index contributed by atoms with van der Waals surface area (Å²) in [5.74, 6) is 0.818. The lowest BCUT2D eigenvalue weighted by atomic mass is 9.94. The molecule has 1 aliphatic rings.